The lowest BCUT2D eigenvalue weighted by molar-refractivity contribution is -0.120. The fraction of sp³-hybridized carbons (Fsp3) is 0.333. The lowest BCUT2D eigenvalue weighted by Gasteiger charge is -2.06. The fourth-order valence-corrected chi connectivity index (χ4v) is 1.39. The third kappa shape index (κ3) is 4.04. The Morgan fingerprint density at radius 3 is 2.67 bits per heavy atom. The number of nitrogens with one attached hydrogen (secondary N) is 2. The van der Waals surface area contributed by atoms with E-state index >= 15 is 0 Å². The SMILES string of the molecule is CCNC(=O)CCNC(=O)c1ccc(N)cc1F. The predicted octanol–water partition coefficient (Wildman–Crippen LogP) is 0.664. The summed E-state index contributed by atoms with van der Waals surface area (Å²) >= 11 is 0. The summed E-state index contributed by atoms with van der Waals surface area (Å²) in [5.41, 5.74) is 5.55. The maximum absolute atomic E-state index is 13.4. The molecule has 4 N–H and O–H groups in total. The fourth-order valence-electron chi connectivity index (χ4n) is 1.39. The molecule has 0 spiro atoms. The van der Waals surface area contributed by atoms with Gasteiger partial charge in [-0.3, -0.25) is 9.59 Å². The van der Waals surface area contributed by atoms with Gasteiger partial charge in [0.1, 0.15) is 5.82 Å². The van der Waals surface area contributed by atoms with Crippen LogP contribution in [-0.2, 0) is 4.79 Å². The van der Waals surface area contributed by atoms with Crippen LogP contribution in [0, 0.1) is 5.82 Å². The van der Waals surface area contributed by atoms with Gasteiger partial charge in [-0.2, -0.15) is 0 Å². The van der Waals surface area contributed by atoms with E-state index in [0.29, 0.717) is 6.54 Å². The Labute approximate surface area is 105 Å². The Morgan fingerprint density at radius 2 is 2.06 bits per heavy atom. The van der Waals surface area contributed by atoms with E-state index in [1.54, 1.807) is 6.92 Å². The first kappa shape index (κ1) is 14.0. The number of carbonyl (C=O) groups is 2. The molecule has 0 aliphatic carbocycles. The van der Waals surface area contributed by atoms with E-state index in [2.05, 4.69) is 10.6 Å². The molecule has 98 valence electrons. The second-order valence-electron chi connectivity index (χ2n) is 3.70. The number of hydrogen-bond donors (Lipinski definition) is 3. The maximum Gasteiger partial charge on any atom is 0.254 e. The molecule has 18 heavy (non-hydrogen) atoms. The number of rotatable bonds is 5. The first-order valence-corrected chi connectivity index (χ1v) is 5.64. The van der Waals surface area contributed by atoms with Crippen LogP contribution in [-0.4, -0.2) is 24.9 Å². The van der Waals surface area contributed by atoms with E-state index in [1.807, 2.05) is 0 Å². The zero-order valence-electron chi connectivity index (χ0n) is 10.1. The van der Waals surface area contributed by atoms with E-state index in [0.717, 1.165) is 6.07 Å². The molecule has 0 aliphatic rings. The third-order valence-electron chi connectivity index (χ3n) is 2.25. The van der Waals surface area contributed by atoms with E-state index in [-0.39, 0.29) is 30.1 Å². The smallest absolute Gasteiger partial charge is 0.254 e. The van der Waals surface area contributed by atoms with Crippen molar-refractivity contribution in [2.24, 2.45) is 0 Å². The second kappa shape index (κ2) is 6.58. The van der Waals surface area contributed by atoms with Gasteiger partial charge in [-0.1, -0.05) is 0 Å². The first-order chi connectivity index (χ1) is 8.54. The van der Waals surface area contributed by atoms with Gasteiger partial charge in [0.05, 0.1) is 5.56 Å². The number of hydrogen-bond acceptors (Lipinski definition) is 3. The van der Waals surface area contributed by atoms with Gasteiger partial charge in [0.25, 0.3) is 5.91 Å². The molecule has 0 unspecified atom stereocenters. The molecule has 0 bridgehead atoms. The molecule has 1 aromatic carbocycles. The molecule has 0 fully saturated rings. The van der Waals surface area contributed by atoms with Crippen molar-refractivity contribution in [3.63, 3.8) is 0 Å². The van der Waals surface area contributed by atoms with Crippen LogP contribution in [0.4, 0.5) is 10.1 Å². The molecule has 0 radical (unpaired) electrons. The summed E-state index contributed by atoms with van der Waals surface area (Å²) < 4.78 is 13.4. The lowest BCUT2D eigenvalue weighted by atomic mass is 10.2. The van der Waals surface area contributed by atoms with Gasteiger partial charge in [0.15, 0.2) is 0 Å². The van der Waals surface area contributed by atoms with Gasteiger partial charge >= 0.3 is 0 Å². The van der Waals surface area contributed by atoms with Gasteiger partial charge < -0.3 is 16.4 Å². The van der Waals surface area contributed by atoms with E-state index in [1.165, 1.54) is 12.1 Å². The van der Waals surface area contributed by atoms with Crippen molar-refractivity contribution in [2.75, 3.05) is 18.8 Å². The number of carbonyl (C=O) groups excluding carboxylic acids is 2. The van der Waals surface area contributed by atoms with Gasteiger partial charge in [-0.05, 0) is 25.1 Å². The highest BCUT2D eigenvalue weighted by molar-refractivity contribution is 5.95. The maximum atomic E-state index is 13.4. The molecule has 0 saturated carbocycles. The van der Waals surface area contributed by atoms with Crippen molar-refractivity contribution in [1.82, 2.24) is 10.6 Å². The van der Waals surface area contributed by atoms with Gasteiger partial charge in [-0.25, -0.2) is 4.39 Å². The van der Waals surface area contributed by atoms with E-state index in [9.17, 15) is 14.0 Å². The van der Waals surface area contributed by atoms with Crippen LogP contribution in [0.5, 0.6) is 0 Å². The summed E-state index contributed by atoms with van der Waals surface area (Å²) in [5.74, 6) is -1.39. The summed E-state index contributed by atoms with van der Waals surface area (Å²) in [4.78, 5) is 22.7. The quantitative estimate of drug-likeness (QED) is 0.674. The first-order valence-electron chi connectivity index (χ1n) is 5.64. The monoisotopic (exact) mass is 253 g/mol. The van der Waals surface area contributed by atoms with Crippen LogP contribution < -0.4 is 16.4 Å². The largest absolute Gasteiger partial charge is 0.399 e. The molecule has 1 rings (SSSR count). The molecule has 0 atom stereocenters. The summed E-state index contributed by atoms with van der Waals surface area (Å²) in [6.07, 6.45) is 0.163. The molecule has 0 aromatic heterocycles. The Bertz CT molecular complexity index is 449. The van der Waals surface area contributed by atoms with Crippen molar-refractivity contribution < 1.29 is 14.0 Å². The highest BCUT2D eigenvalue weighted by atomic mass is 19.1. The minimum Gasteiger partial charge on any atom is -0.399 e. The van der Waals surface area contributed by atoms with Crippen LogP contribution in [0.25, 0.3) is 0 Å². The number of benzene rings is 1. The van der Waals surface area contributed by atoms with Crippen LogP contribution in [0.1, 0.15) is 23.7 Å². The highest BCUT2D eigenvalue weighted by Gasteiger charge is 2.11. The van der Waals surface area contributed by atoms with Crippen LogP contribution >= 0.6 is 0 Å². The van der Waals surface area contributed by atoms with E-state index in [4.69, 9.17) is 5.73 Å². The van der Waals surface area contributed by atoms with Crippen LogP contribution in [0.15, 0.2) is 18.2 Å². The summed E-state index contributed by atoms with van der Waals surface area (Å²) in [7, 11) is 0. The topological polar surface area (TPSA) is 84.2 Å². The molecular weight excluding hydrogens is 237 g/mol. The van der Waals surface area contributed by atoms with Gasteiger partial charge in [0.2, 0.25) is 5.91 Å². The van der Waals surface area contributed by atoms with Gasteiger partial charge in [-0.15, -0.1) is 0 Å². The highest BCUT2D eigenvalue weighted by Crippen LogP contribution is 2.11. The standard InChI is InChI=1S/C12H16FN3O2/c1-2-15-11(17)5-6-16-12(18)9-4-3-8(14)7-10(9)13/h3-4,7H,2,5-6,14H2,1H3,(H,15,17)(H,16,18). The van der Waals surface area contributed by atoms with Crippen molar-refractivity contribution in [3.8, 4) is 0 Å². The van der Waals surface area contributed by atoms with Crippen LogP contribution in [0.3, 0.4) is 0 Å². The third-order valence-corrected chi connectivity index (χ3v) is 2.25. The zero-order valence-corrected chi connectivity index (χ0v) is 10.1. The Balaban J connectivity index is 2.48. The van der Waals surface area contributed by atoms with Crippen molar-refractivity contribution in [2.45, 2.75) is 13.3 Å². The minimum absolute atomic E-state index is 0.0832. The number of nitrogens with two attached hydrogens (primary N) is 1. The number of anilines is 1. The Kier molecular flexibility index (Phi) is 5.10. The zero-order chi connectivity index (χ0) is 13.5. The molecule has 1 aromatic rings. The second-order valence-corrected chi connectivity index (χ2v) is 3.70. The molecule has 6 heteroatoms. The van der Waals surface area contributed by atoms with Crippen molar-refractivity contribution >= 4 is 17.5 Å². The molecular formula is C12H16FN3O2. The Hall–Kier alpha value is -2.11. The average Bonchev–Trinajstić information content (AvgIpc) is 2.29. The van der Waals surface area contributed by atoms with Crippen molar-refractivity contribution in [3.05, 3.63) is 29.6 Å². The number of amides is 2. The summed E-state index contributed by atoms with van der Waals surface area (Å²) in [6.45, 7) is 2.51. The summed E-state index contributed by atoms with van der Waals surface area (Å²) in [5, 5.41) is 5.07. The molecule has 2 amide bonds. The molecule has 0 saturated heterocycles. The Morgan fingerprint density at radius 1 is 1.33 bits per heavy atom. The average molecular weight is 253 g/mol. The van der Waals surface area contributed by atoms with Gasteiger partial charge in [0, 0.05) is 25.2 Å². The summed E-state index contributed by atoms with van der Waals surface area (Å²) in [6, 6.07) is 3.84. The number of halogens is 1. The molecule has 0 heterocycles. The van der Waals surface area contributed by atoms with E-state index < -0.39 is 11.7 Å². The normalized spacial score (nSPS) is 9.89. The van der Waals surface area contributed by atoms with Crippen molar-refractivity contribution in [1.29, 1.82) is 0 Å². The van der Waals surface area contributed by atoms with Crippen LogP contribution in [0.2, 0.25) is 0 Å². The predicted molar refractivity (Wildman–Crippen MR) is 66.4 cm³/mol. The molecule has 0 aliphatic heterocycles. The lowest BCUT2D eigenvalue weighted by Crippen LogP contribution is -2.31. The molecule has 5 nitrogen and oxygen atoms in total. The minimum atomic E-state index is -0.675. The number of nitrogen functional groups attached to an aromatic ring is 1.